The Morgan fingerprint density at radius 1 is 1.03 bits per heavy atom. The topological polar surface area (TPSA) is 79.4 Å². The Bertz CT molecular complexity index is 1080. The summed E-state index contributed by atoms with van der Waals surface area (Å²) in [5, 5.41) is 7.62. The minimum absolute atomic E-state index is 0.0395. The second kappa shape index (κ2) is 9.85. The predicted molar refractivity (Wildman–Crippen MR) is 128 cm³/mol. The lowest BCUT2D eigenvalue weighted by Gasteiger charge is -2.29. The molecule has 0 spiro atoms. The Hall–Kier alpha value is -3.35. The average molecular weight is 434 g/mol. The third-order valence-electron chi connectivity index (χ3n) is 6.08. The number of benzene rings is 2. The Morgan fingerprint density at radius 2 is 1.75 bits per heavy atom. The maximum atomic E-state index is 12.7. The van der Waals surface area contributed by atoms with E-state index in [1.807, 2.05) is 67.5 Å². The number of rotatable bonds is 7. The van der Waals surface area contributed by atoms with E-state index in [0.717, 1.165) is 53.7 Å². The predicted octanol–water partition coefficient (Wildman–Crippen LogP) is 3.99. The van der Waals surface area contributed by atoms with Crippen LogP contribution in [-0.4, -0.2) is 43.1 Å². The van der Waals surface area contributed by atoms with Crippen molar-refractivity contribution in [3.63, 3.8) is 0 Å². The van der Waals surface area contributed by atoms with Crippen molar-refractivity contribution in [3.05, 3.63) is 54.1 Å². The second-order valence-corrected chi connectivity index (χ2v) is 8.50. The molecule has 0 saturated heterocycles. The zero-order chi connectivity index (χ0) is 22.5. The van der Waals surface area contributed by atoms with Crippen molar-refractivity contribution in [2.24, 2.45) is 5.92 Å². The second-order valence-electron chi connectivity index (χ2n) is 8.50. The van der Waals surface area contributed by atoms with Gasteiger partial charge in [-0.2, -0.15) is 4.98 Å². The molecule has 0 aliphatic heterocycles. The number of ether oxygens (including phenoxy) is 1. The van der Waals surface area contributed by atoms with E-state index in [-0.39, 0.29) is 17.9 Å². The Kier molecular flexibility index (Phi) is 6.73. The summed E-state index contributed by atoms with van der Waals surface area (Å²) in [4.78, 5) is 24.2. The van der Waals surface area contributed by atoms with Crippen LogP contribution in [0.15, 0.2) is 48.5 Å². The molecule has 2 N–H and O–H groups in total. The molecular formula is C25H31N5O2. The number of methoxy groups -OCH3 is 1. The van der Waals surface area contributed by atoms with Gasteiger partial charge < -0.3 is 20.3 Å². The lowest BCUT2D eigenvalue weighted by Crippen LogP contribution is -2.36. The summed E-state index contributed by atoms with van der Waals surface area (Å²) in [7, 11) is 5.64. The van der Waals surface area contributed by atoms with Crippen molar-refractivity contribution in [2.75, 3.05) is 31.4 Å². The number of carbonyl (C=O) groups is 1. The van der Waals surface area contributed by atoms with E-state index in [1.54, 1.807) is 7.11 Å². The third kappa shape index (κ3) is 4.93. The van der Waals surface area contributed by atoms with Crippen LogP contribution in [0.3, 0.4) is 0 Å². The van der Waals surface area contributed by atoms with Gasteiger partial charge in [0.15, 0.2) is 0 Å². The van der Waals surface area contributed by atoms with Crippen LogP contribution >= 0.6 is 0 Å². The van der Waals surface area contributed by atoms with Gasteiger partial charge in [-0.25, -0.2) is 4.98 Å². The van der Waals surface area contributed by atoms with Crippen molar-refractivity contribution in [1.82, 2.24) is 15.3 Å². The highest BCUT2D eigenvalue weighted by atomic mass is 16.5. The molecule has 1 aliphatic carbocycles. The number of carbonyl (C=O) groups excluding carboxylic acids is 1. The monoisotopic (exact) mass is 433 g/mol. The number of anilines is 2. The summed E-state index contributed by atoms with van der Waals surface area (Å²) in [5.74, 6) is 2.51. The van der Waals surface area contributed by atoms with Gasteiger partial charge in [0, 0.05) is 43.5 Å². The van der Waals surface area contributed by atoms with Crippen molar-refractivity contribution in [2.45, 2.75) is 38.3 Å². The summed E-state index contributed by atoms with van der Waals surface area (Å²) >= 11 is 0. The zero-order valence-corrected chi connectivity index (χ0v) is 19.0. The van der Waals surface area contributed by atoms with Crippen molar-refractivity contribution < 1.29 is 9.53 Å². The minimum atomic E-state index is 0.0395. The van der Waals surface area contributed by atoms with Crippen molar-refractivity contribution in [1.29, 1.82) is 0 Å². The van der Waals surface area contributed by atoms with Crippen LogP contribution in [0.25, 0.3) is 10.9 Å². The SMILES string of the molecule is COc1ccccc1CNC(=O)C1CCC(Nc2nc(N(C)C)c3ccccc3n2)CC1. The molecule has 1 heterocycles. The van der Waals surface area contributed by atoms with Crippen LogP contribution < -0.4 is 20.3 Å². The Morgan fingerprint density at radius 3 is 2.50 bits per heavy atom. The minimum Gasteiger partial charge on any atom is -0.496 e. The normalized spacial score (nSPS) is 18.2. The van der Waals surface area contributed by atoms with Gasteiger partial charge in [-0.15, -0.1) is 0 Å². The first-order valence-corrected chi connectivity index (χ1v) is 11.2. The number of hydrogen-bond acceptors (Lipinski definition) is 6. The molecule has 1 saturated carbocycles. The molecule has 7 heteroatoms. The lowest BCUT2D eigenvalue weighted by atomic mass is 9.85. The highest BCUT2D eigenvalue weighted by Gasteiger charge is 2.27. The maximum Gasteiger partial charge on any atom is 0.225 e. The molecule has 2 aromatic carbocycles. The third-order valence-corrected chi connectivity index (χ3v) is 6.08. The first-order valence-electron chi connectivity index (χ1n) is 11.2. The molecule has 7 nitrogen and oxygen atoms in total. The molecule has 32 heavy (non-hydrogen) atoms. The van der Waals surface area contributed by atoms with E-state index in [2.05, 4.69) is 10.6 Å². The van der Waals surface area contributed by atoms with Crippen LogP contribution in [0.1, 0.15) is 31.2 Å². The van der Waals surface area contributed by atoms with Gasteiger partial charge in [0.05, 0.1) is 12.6 Å². The van der Waals surface area contributed by atoms with Crippen LogP contribution in [0, 0.1) is 5.92 Å². The molecule has 3 aromatic rings. The number of aromatic nitrogens is 2. The molecule has 4 rings (SSSR count). The fourth-order valence-corrected chi connectivity index (χ4v) is 4.32. The van der Waals surface area contributed by atoms with E-state index >= 15 is 0 Å². The van der Waals surface area contributed by atoms with Gasteiger partial charge in [-0.1, -0.05) is 30.3 Å². The number of fused-ring (bicyclic) bond motifs is 1. The summed E-state index contributed by atoms with van der Waals surface area (Å²) in [6.45, 7) is 0.485. The van der Waals surface area contributed by atoms with E-state index in [4.69, 9.17) is 14.7 Å². The van der Waals surface area contributed by atoms with Gasteiger partial charge in [0.2, 0.25) is 11.9 Å². The van der Waals surface area contributed by atoms with E-state index in [1.165, 1.54) is 0 Å². The first-order chi connectivity index (χ1) is 15.5. The summed E-state index contributed by atoms with van der Waals surface area (Å²) in [6.07, 6.45) is 3.54. The van der Waals surface area contributed by atoms with Crippen LogP contribution in [0.2, 0.25) is 0 Å². The van der Waals surface area contributed by atoms with E-state index < -0.39 is 0 Å². The number of nitrogens with one attached hydrogen (secondary N) is 2. The van der Waals surface area contributed by atoms with Crippen LogP contribution in [-0.2, 0) is 11.3 Å². The average Bonchev–Trinajstić information content (AvgIpc) is 2.82. The number of nitrogens with zero attached hydrogens (tertiary/aromatic N) is 3. The molecule has 1 aromatic heterocycles. The molecule has 168 valence electrons. The van der Waals surface area contributed by atoms with Gasteiger partial charge in [-0.3, -0.25) is 4.79 Å². The van der Waals surface area contributed by atoms with E-state index in [9.17, 15) is 4.79 Å². The first kappa shape index (κ1) is 21.9. The Labute approximate surface area is 189 Å². The van der Waals surface area contributed by atoms with Crippen molar-refractivity contribution >= 4 is 28.6 Å². The zero-order valence-electron chi connectivity index (χ0n) is 19.0. The lowest BCUT2D eigenvalue weighted by molar-refractivity contribution is -0.126. The number of hydrogen-bond donors (Lipinski definition) is 2. The smallest absolute Gasteiger partial charge is 0.225 e. The molecule has 0 atom stereocenters. The standard InChI is InChI=1S/C25H31N5O2/c1-30(2)23-20-9-5-6-10-21(20)28-25(29-23)27-19-14-12-17(13-15-19)24(31)26-16-18-8-4-7-11-22(18)32-3/h4-11,17,19H,12-16H2,1-3H3,(H,26,31)(H,27,28,29). The van der Waals surface area contributed by atoms with Gasteiger partial charge >= 0.3 is 0 Å². The number of para-hydroxylation sites is 2. The van der Waals surface area contributed by atoms with Gasteiger partial charge in [-0.05, 0) is 43.9 Å². The largest absolute Gasteiger partial charge is 0.496 e. The van der Waals surface area contributed by atoms with Crippen LogP contribution in [0.5, 0.6) is 5.75 Å². The summed E-state index contributed by atoms with van der Waals surface area (Å²) in [6, 6.07) is 16.1. The maximum absolute atomic E-state index is 12.7. The molecule has 1 fully saturated rings. The number of amides is 1. The fourth-order valence-electron chi connectivity index (χ4n) is 4.32. The molecular weight excluding hydrogens is 402 g/mol. The fraction of sp³-hybridized carbons (Fsp3) is 0.400. The molecule has 1 aliphatic rings. The Balaban J connectivity index is 1.33. The van der Waals surface area contributed by atoms with Gasteiger partial charge in [0.25, 0.3) is 0 Å². The highest BCUT2D eigenvalue weighted by Crippen LogP contribution is 2.29. The van der Waals surface area contributed by atoms with E-state index in [0.29, 0.717) is 12.5 Å². The molecule has 0 radical (unpaired) electrons. The molecule has 1 amide bonds. The molecule has 0 bridgehead atoms. The highest BCUT2D eigenvalue weighted by molar-refractivity contribution is 5.90. The quantitative estimate of drug-likeness (QED) is 0.587. The van der Waals surface area contributed by atoms with Crippen LogP contribution in [0.4, 0.5) is 11.8 Å². The summed E-state index contributed by atoms with van der Waals surface area (Å²) < 4.78 is 5.37. The van der Waals surface area contributed by atoms with Gasteiger partial charge in [0.1, 0.15) is 11.6 Å². The summed E-state index contributed by atoms with van der Waals surface area (Å²) in [5.41, 5.74) is 1.92. The molecule has 0 unspecified atom stereocenters. The van der Waals surface area contributed by atoms with Crippen molar-refractivity contribution in [3.8, 4) is 5.75 Å².